The van der Waals surface area contributed by atoms with Gasteiger partial charge in [-0.05, 0) is 48.2 Å². The van der Waals surface area contributed by atoms with Crippen molar-refractivity contribution in [2.24, 2.45) is 0 Å². The lowest BCUT2D eigenvalue weighted by atomic mass is 10.1. The molecule has 0 bridgehead atoms. The predicted octanol–water partition coefficient (Wildman–Crippen LogP) is 8.13. The van der Waals surface area contributed by atoms with Crippen molar-refractivity contribution in [2.75, 3.05) is 0 Å². The Bertz CT molecular complexity index is 1260. The van der Waals surface area contributed by atoms with E-state index < -0.39 is 11.9 Å². The van der Waals surface area contributed by atoms with Crippen molar-refractivity contribution in [3.63, 3.8) is 0 Å². The summed E-state index contributed by atoms with van der Waals surface area (Å²) in [6.45, 7) is 4.23. The minimum absolute atomic E-state index is 0.176. The Morgan fingerprint density at radius 1 is 0.474 bits per heavy atom. The van der Waals surface area contributed by atoms with Crippen LogP contribution in [-0.2, 0) is 22.3 Å². The number of carbonyl (C=O) groups is 2. The molecular formula is C34H32O4. The van der Waals surface area contributed by atoms with Crippen LogP contribution in [0.15, 0.2) is 109 Å². The van der Waals surface area contributed by atoms with Gasteiger partial charge in [-0.1, -0.05) is 112 Å². The third-order valence-electron chi connectivity index (χ3n) is 6.12. The highest BCUT2D eigenvalue weighted by molar-refractivity contribution is 6.00. The van der Waals surface area contributed by atoms with Gasteiger partial charge in [0.15, 0.2) is 11.5 Å². The topological polar surface area (TPSA) is 52.6 Å². The Morgan fingerprint density at radius 3 is 1.13 bits per heavy atom. The van der Waals surface area contributed by atoms with Crippen LogP contribution in [0.2, 0.25) is 0 Å². The summed E-state index contributed by atoms with van der Waals surface area (Å²) in [5.41, 5.74) is 4.40. The zero-order chi connectivity index (χ0) is 26.7. The SMILES string of the molecule is CCCc1ccc(C(=O)O/C(=C(/OC(=O)c2ccc(CCC)cc2)c2ccccc2)c2ccccc2)cc1. The molecule has 38 heavy (non-hydrogen) atoms. The van der Waals surface area contributed by atoms with Gasteiger partial charge in [0.1, 0.15) is 0 Å². The summed E-state index contributed by atoms with van der Waals surface area (Å²) in [5.74, 6) is -0.702. The van der Waals surface area contributed by atoms with E-state index in [9.17, 15) is 9.59 Å². The number of carbonyl (C=O) groups excluding carboxylic acids is 2. The first-order valence-corrected chi connectivity index (χ1v) is 13.1. The summed E-state index contributed by atoms with van der Waals surface area (Å²) < 4.78 is 12.0. The molecular weight excluding hydrogens is 472 g/mol. The molecule has 0 atom stereocenters. The number of ether oxygens (including phenoxy) is 2. The lowest BCUT2D eigenvalue weighted by Crippen LogP contribution is -2.11. The largest absolute Gasteiger partial charge is 0.418 e. The second-order valence-corrected chi connectivity index (χ2v) is 9.06. The first kappa shape index (κ1) is 26.6. The fraction of sp³-hybridized carbons (Fsp3) is 0.176. The van der Waals surface area contributed by atoms with E-state index in [1.54, 1.807) is 24.3 Å². The van der Waals surface area contributed by atoms with Crippen LogP contribution < -0.4 is 0 Å². The van der Waals surface area contributed by atoms with Gasteiger partial charge in [0.05, 0.1) is 11.1 Å². The first-order valence-electron chi connectivity index (χ1n) is 13.1. The molecule has 0 amide bonds. The maximum Gasteiger partial charge on any atom is 0.343 e. The van der Waals surface area contributed by atoms with Gasteiger partial charge in [-0.3, -0.25) is 0 Å². The van der Waals surface area contributed by atoms with E-state index in [2.05, 4.69) is 13.8 Å². The van der Waals surface area contributed by atoms with Crippen LogP contribution in [-0.4, -0.2) is 11.9 Å². The van der Waals surface area contributed by atoms with Gasteiger partial charge in [-0.2, -0.15) is 0 Å². The standard InChI is InChI=1S/C34H32O4/c1-3-11-25-17-21-29(22-18-25)33(35)37-31(27-13-7-5-8-14-27)32(28-15-9-6-10-16-28)38-34(36)30-23-19-26(12-4-2)20-24-30/h5-10,13-24H,3-4,11-12H2,1-2H3/b32-31+. The van der Waals surface area contributed by atoms with E-state index in [0.29, 0.717) is 22.3 Å². The van der Waals surface area contributed by atoms with Gasteiger partial charge in [-0.25, -0.2) is 9.59 Å². The van der Waals surface area contributed by atoms with Gasteiger partial charge in [0, 0.05) is 11.1 Å². The number of rotatable bonds is 10. The quantitative estimate of drug-likeness (QED) is 0.124. The number of hydrogen-bond acceptors (Lipinski definition) is 4. The molecule has 0 heterocycles. The minimum atomic E-state index is -0.527. The summed E-state index contributed by atoms with van der Waals surface area (Å²) in [5, 5.41) is 0. The molecule has 4 nitrogen and oxygen atoms in total. The highest BCUT2D eigenvalue weighted by atomic mass is 16.6. The van der Waals surface area contributed by atoms with Crippen molar-refractivity contribution in [1.82, 2.24) is 0 Å². The van der Waals surface area contributed by atoms with Gasteiger partial charge in [-0.15, -0.1) is 0 Å². The fourth-order valence-electron chi connectivity index (χ4n) is 4.15. The number of hydrogen-bond donors (Lipinski definition) is 0. The average molecular weight is 505 g/mol. The molecule has 0 aliphatic rings. The normalized spacial score (nSPS) is 11.4. The molecule has 4 rings (SSSR count). The van der Waals surface area contributed by atoms with Crippen molar-refractivity contribution in [1.29, 1.82) is 0 Å². The smallest absolute Gasteiger partial charge is 0.343 e. The first-order chi connectivity index (χ1) is 18.6. The van der Waals surface area contributed by atoms with Crippen molar-refractivity contribution in [3.05, 3.63) is 143 Å². The van der Waals surface area contributed by atoms with Crippen molar-refractivity contribution < 1.29 is 19.1 Å². The Kier molecular flexibility index (Phi) is 9.25. The van der Waals surface area contributed by atoms with E-state index in [4.69, 9.17) is 9.47 Å². The molecule has 0 fully saturated rings. The van der Waals surface area contributed by atoms with Gasteiger partial charge < -0.3 is 9.47 Å². The lowest BCUT2D eigenvalue weighted by Gasteiger charge is -2.16. The molecule has 0 aromatic heterocycles. The maximum absolute atomic E-state index is 13.3. The van der Waals surface area contributed by atoms with E-state index in [-0.39, 0.29) is 11.5 Å². The zero-order valence-electron chi connectivity index (χ0n) is 21.9. The molecule has 0 N–H and O–H groups in total. The van der Waals surface area contributed by atoms with E-state index in [1.165, 1.54) is 0 Å². The maximum atomic E-state index is 13.3. The molecule has 0 aliphatic heterocycles. The Hall–Kier alpha value is -4.44. The lowest BCUT2D eigenvalue weighted by molar-refractivity contribution is 0.0646. The summed E-state index contributed by atoms with van der Waals surface area (Å²) in [6.07, 6.45) is 3.94. The summed E-state index contributed by atoms with van der Waals surface area (Å²) in [6, 6.07) is 33.2. The predicted molar refractivity (Wildman–Crippen MR) is 151 cm³/mol. The van der Waals surface area contributed by atoms with E-state index >= 15 is 0 Å². The van der Waals surface area contributed by atoms with Crippen molar-refractivity contribution in [2.45, 2.75) is 39.5 Å². The van der Waals surface area contributed by atoms with Crippen LogP contribution in [0.25, 0.3) is 11.5 Å². The van der Waals surface area contributed by atoms with Crippen molar-refractivity contribution in [3.8, 4) is 0 Å². The van der Waals surface area contributed by atoms with Gasteiger partial charge in [0.25, 0.3) is 0 Å². The summed E-state index contributed by atoms with van der Waals surface area (Å²) in [7, 11) is 0. The third-order valence-corrected chi connectivity index (χ3v) is 6.12. The molecule has 4 aromatic carbocycles. The van der Waals surface area contributed by atoms with Crippen LogP contribution >= 0.6 is 0 Å². The highest BCUT2D eigenvalue weighted by Crippen LogP contribution is 2.30. The summed E-state index contributed by atoms with van der Waals surface area (Å²) >= 11 is 0. The molecule has 4 aromatic rings. The molecule has 0 spiro atoms. The van der Waals surface area contributed by atoms with Crippen LogP contribution in [0, 0.1) is 0 Å². The van der Waals surface area contributed by atoms with E-state index in [0.717, 1.165) is 36.8 Å². The van der Waals surface area contributed by atoms with Gasteiger partial charge in [0.2, 0.25) is 0 Å². The molecule has 192 valence electrons. The second kappa shape index (κ2) is 13.2. The van der Waals surface area contributed by atoms with E-state index in [1.807, 2.05) is 84.9 Å². The Morgan fingerprint density at radius 2 is 0.816 bits per heavy atom. The summed E-state index contributed by atoms with van der Waals surface area (Å²) in [4.78, 5) is 26.6. The number of esters is 2. The molecule has 4 heteroatoms. The fourth-order valence-corrected chi connectivity index (χ4v) is 4.15. The molecule has 0 saturated heterocycles. The molecule has 0 radical (unpaired) electrons. The number of aryl methyl sites for hydroxylation is 2. The van der Waals surface area contributed by atoms with Crippen LogP contribution in [0.1, 0.15) is 69.7 Å². The molecule has 0 aliphatic carbocycles. The zero-order valence-corrected chi connectivity index (χ0v) is 21.9. The minimum Gasteiger partial charge on any atom is -0.418 e. The average Bonchev–Trinajstić information content (AvgIpc) is 2.97. The molecule has 0 unspecified atom stereocenters. The Balaban J connectivity index is 1.74. The molecule has 0 saturated carbocycles. The Labute approximate surface area is 224 Å². The third kappa shape index (κ3) is 6.86. The second-order valence-electron chi connectivity index (χ2n) is 9.06. The van der Waals surface area contributed by atoms with Crippen molar-refractivity contribution >= 4 is 23.5 Å². The highest BCUT2D eigenvalue weighted by Gasteiger charge is 2.22. The monoisotopic (exact) mass is 504 g/mol. The number of benzene rings is 4. The van der Waals surface area contributed by atoms with Gasteiger partial charge >= 0.3 is 11.9 Å². The van der Waals surface area contributed by atoms with Crippen LogP contribution in [0.3, 0.4) is 0 Å². The van der Waals surface area contributed by atoms with Crippen LogP contribution in [0.4, 0.5) is 0 Å². The van der Waals surface area contributed by atoms with Crippen LogP contribution in [0.5, 0.6) is 0 Å².